The van der Waals surface area contributed by atoms with Gasteiger partial charge >= 0.3 is 0 Å². The lowest BCUT2D eigenvalue weighted by molar-refractivity contribution is 0.793. The van der Waals surface area contributed by atoms with Gasteiger partial charge in [-0.1, -0.05) is 212 Å². The van der Waals surface area contributed by atoms with E-state index in [2.05, 4.69) is 242 Å². The Balaban J connectivity index is 1.03. The molecule has 0 saturated carbocycles. The average molecular weight is 814 g/mol. The van der Waals surface area contributed by atoms with Gasteiger partial charge in [0.05, 0.1) is 5.41 Å². The molecule has 0 radical (unpaired) electrons. The molecule has 1 nitrogen and oxygen atoms in total. The summed E-state index contributed by atoms with van der Waals surface area (Å²) in [5.74, 6) is 0. The first kappa shape index (κ1) is 36.6. The van der Waals surface area contributed by atoms with Crippen molar-refractivity contribution in [2.24, 2.45) is 0 Å². The molecule has 10 aromatic carbocycles. The number of hydrogen-bond donors (Lipinski definition) is 0. The monoisotopic (exact) mass is 813 g/mol. The molecule has 0 saturated heterocycles. The summed E-state index contributed by atoms with van der Waals surface area (Å²) in [6.07, 6.45) is 6.66. The fraction of sp³-hybridized carbons (Fsp3) is 0.0476. The van der Waals surface area contributed by atoms with Crippen LogP contribution < -0.4 is 4.90 Å². The first-order chi connectivity index (χ1) is 31.8. The SMILES string of the molecule is C1=CC(c2cccc3c2-c2ccccc2C32c3ccccc3-c3ccccc32)=C(N(c2ccc(-c3ccc4ccccc4c3-c3ccccc3)cc2)c2ccc3ccccc3c2)CC1. The molecule has 0 unspecified atom stereocenters. The van der Waals surface area contributed by atoms with Crippen molar-refractivity contribution < 1.29 is 0 Å². The van der Waals surface area contributed by atoms with Crippen LogP contribution in [0.25, 0.3) is 71.6 Å². The summed E-state index contributed by atoms with van der Waals surface area (Å²) in [5, 5.41) is 4.98. The molecule has 1 spiro atoms. The van der Waals surface area contributed by atoms with Crippen molar-refractivity contribution >= 4 is 38.5 Å². The molecular formula is C63H43N. The molecule has 3 aliphatic rings. The summed E-state index contributed by atoms with van der Waals surface area (Å²) < 4.78 is 0. The van der Waals surface area contributed by atoms with E-state index < -0.39 is 5.41 Å². The first-order valence-corrected chi connectivity index (χ1v) is 22.6. The molecule has 13 rings (SSSR count). The minimum atomic E-state index is -0.399. The lowest BCUT2D eigenvalue weighted by atomic mass is 9.70. The molecule has 10 aromatic rings. The number of benzene rings is 10. The van der Waals surface area contributed by atoms with Crippen LogP contribution in [0.5, 0.6) is 0 Å². The molecule has 0 N–H and O–H groups in total. The third-order valence-electron chi connectivity index (χ3n) is 14.1. The van der Waals surface area contributed by atoms with Crippen LogP contribution in [0.4, 0.5) is 11.4 Å². The summed E-state index contributed by atoms with van der Waals surface area (Å²) in [6, 6.07) is 83.6. The van der Waals surface area contributed by atoms with Gasteiger partial charge < -0.3 is 4.90 Å². The van der Waals surface area contributed by atoms with Crippen LogP contribution in [0, 0.1) is 0 Å². The fourth-order valence-electron chi connectivity index (χ4n) is 11.5. The molecule has 1 heteroatoms. The maximum atomic E-state index is 2.55. The van der Waals surface area contributed by atoms with E-state index in [9.17, 15) is 0 Å². The zero-order valence-electron chi connectivity index (χ0n) is 35.4. The van der Waals surface area contributed by atoms with Gasteiger partial charge in [0.2, 0.25) is 0 Å². The Morgan fingerprint density at radius 2 is 0.938 bits per heavy atom. The molecule has 0 atom stereocenters. The van der Waals surface area contributed by atoms with E-state index in [0.29, 0.717) is 0 Å². The minimum Gasteiger partial charge on any atom is -0.314 e. The Morgan fingerprint density at radius 1 is 0.359 bits per heavy atom. The van der Waals surface area contributed by atoms with E-state index in [-0.39, 0.29) is 0 Å². The van der Waals surface area contributed by atoms with E-state index in [4.69, 9.17) is 0 Å². The summed E-state index contributed by atoms with van der Waals surface area (Å²) in [4.78, 5) is 2.55. The molecule has 0 amide bonds. The van der Waals surface area contributed by atoms with Crippen LogP contribution >= 0.6 is 0 Å². The smallest absolute Gasteiger partial charge is 0.0725 e. The number of anilines is 2. The second-order valence-corrected chi connectivity index (χ2v) is 17.4. The number of nitrogens with zero attached hydrogens (tertiary/aromatic N) is 1. The third kappa shape index (κ3) is 5.37. The lowest BCUT2D eigenvalue weighted by Crippen LogP contribution is -2.25. The summed E-state index contributed by atoms with van der Waals surface area (Å²) in [5.41, 5.74) is 21.5. The van der Waals surface area contributed by atoms with Gasteiger partial charge in [-0.15, -0.1) is 0 Å². The van der Waals surface area contributed by atoms with Gasteiger partial charge in [-0.25, -0.2) is 0 Å². The Morgan fingerprint density at radius 3 is 1.70 bits per heavy atom. The van der Waals surface area contributed by atoms with Crippen LogP contribution in [0.15, 0.2) is 242 Å². The normalized spacial score (nSPS) is 14.1. The van der Waals surface area contributed by atoms with Crippen LogP contribution in [-0.4, -0.2) is 0 Å². The van der Waals surface area contributed by atoms with Crippen molar-refractivity contribution in [2.75, 3.05) is 4.90 Å². The summed E-state index contributed by atoms with van der Waals surface area (Å²) in [7, 11) is 0. The summed E-state index contributed by atoms with van der Waals surface area (Å²) >= 11 is 0. The van der Waals surface area contributed by atoms with Gasteiger partial charge in [0.25, 0.3) is 0 Å². The van der Waals surface area contributed by atoms with E-state index in [1.54, 1.807) is 0 Å². The zero-order chi connectivity index (χ0) is 42.2. The van der Waals surface area contributed by atoms with Gasteiger partial charge in [-0.05, 0) is 131 Å². The highest BCUT2D eigenvalue weighted by Gasteiger charge is 2.52. The molecule has 0 aliphatic heterocycles. The van der Waals surface area contributed by atoms with E-state index >= 15 is 0 Å². The van der Waals surface area contributed by atoms with Crippen LogP contribution in [0.2, 0.25) is 0 Å². The van der Waals surface area contributed by atoms with Crippen molar-refractivity contribution in [1.29, 1.82) is 0 Å². The summed E-state index contributed by atoms with van der Waals surface area (Å²) in [6.45, 7) is 0. The van der Waals surface area contributed by atoms with Crippen molar-refractivity contribution in [3.05, 3.63) is 270 Å². The molecule has 0 aromatic heterocycles. The predicted octanol–water partition coefficient (Wildman–Crippen LogP) is 16.6. The lowest BCUT2D eigenvalue weighted by Gasteiger charge is -2.33. The molecule has 64 heavy (non-hydrogen) atoms. The maximum absolute atomic E-state index is 2.55. The number of rotatable bonds is 6. The fourth-order valence-corrected chi connectivity index (χ4v) is 11.5. The van der Waals surface area contributed by atoms with Crippen molar-refractivity contribution in [2.45, 2.75) is 18.3 Å². The Bertz CT molecular complexity index is 3510. The Labute approximate surface area is 374 Å². The quantitative estimate of drug-likeness (QED) is 0.162. The highest BCUT2D eigenvalue weighted by Crippen LogP contribution is 2.64. The number of allylic oxidation sites excluding steroid dienone is 4. The molecular weight excluding hydrogens is 771 g/mol. The molecule has 0 heterocycles. The van der Waals surface area contributed by atoms with Gasteiger partial charge in [-0.3, -0.25) is 0 Å². The Kier molecular flexibility index (Phi) is 8.33. The van der Waals surface area contributed by atoms with Crippen LogP contribution in [0.3, 0.4) is 0 Å². The number of fused-ring (bicyclic) bond motifs is 12. The maximum Gasteiger partial charge on any atom is 0.0725 e. The second-order valence-electron chi connectivity index (χ2n) is 17.4. The topological polar surface area (TPSA) is 3.24 Å². The minimum absolute atomic E-state index is 0.399. The molecule has 0 bridgehead atoms. The van der Waals surface area contributed by atoms with Crippen molar-refractivity contribution in [3.63, 3.8) is 0 Å². The number of hydrogen-bond acceptors (Lipinski definition) is 1. The highest BCUT2D eigenvalue weighted by molar-refractivity contribution is 6.05. The van der Waals surface area contributed by atoms with E-state index in [0.717, 1.165) is 24.2 Å². The third-order valence-corrected chi connectivity index (χ3v) is 14.1. The van der Waals surface area contributed by atoms with Gasteiger partial charge in [0.15, 0.2) is 0 Å². The second kappa shape index (κ2) is 14.5. The van der Waals surface area contributed by atoms with Crippen LogP contribution in [-0.2, 0) is 5.41 Å². The zero-order valence-corrected chi connectivity index (χ0v) is 35.4. The molecule has 3 aliphatic carbocycles. The van der Waals surface area contributed by atoms with Gasteiger partial charge in [-0.2, -0.15) is 0 Å². The predicted molar refractivity (Wildman–Crippen MR) is 269 cm³/mol. The van der Waals surface area contributed by atoms with E-state index in [1.165, 1.54) is 105 Å². The van der Waals surface area contributed by atoms with Gasteiger partial charge in [0.1, 0.15) is 0 Å². The molecule has 0 fully saturated rings. The van der Waals surface area contributed by atoms with Gasteiger partial charge in [0, 0.05) is 22.6 Å². The van der Waals surface area contributed by atoms with Crippen molar-refractivity contribution in [1.82, 2.24) is 0 Å². The largest absolute Gasteiger partial charge is 0.314 e. The van der Waals surface area contributed by atoms with E-state index in [1.807, 2.05) is 0 Å². The highest BCUT2D eigenvalue weighted by atomic mass is 15.2. The van der Waals surface area contributed by atoms with Crippen LogP contribution in [0.1, 0.15) is 40.7 Å². The Hall–Kier alpha value is -8.00. The average Bonchev–Trinajstić information content (AvgIpc) is 3.84. The first-order valence-electron chi connectivity index (χ1n) is 22.6. The molecule has 300 valence electrons. The standard InChI is InChI=1S/C63H43N/c1-2-19-45(20-3-1)61-49-22-7-6-18-43(49)36-40-50(61)44-34-37-47(38-35-44)64(48-39-33-42-17-4-5-21-46(42)41-48)60-32-15-11-25-53(60)54-27-16-31-59-62(54)55-26-10-14-30-58(55)63(59)56-28-12-8-23-51(56)52-24-9-13-29-57(52)63/h1-14,16-31,33-41H,15,32H2. The van der Waals surface area contributed by atoms with Crippen molar-refractivity contribution in [3.8, 4) is 44.5 Å².